The summed E-state index contributed by atoms with van der Waals surface area (Å²) in [6.07, 6.45) is 0. The molecule has 0 atom stereocenters. The van der Waals surface area contributed by atoms with E-state index in [4.69, 9.17) is 5.26 Å². The van der Waals surface area contributed by atoms with Gasteiger partial charge >= 0.3 is 5.69 Å². The first kappa shape index (κ1) is 15.3. The van der Waals surface area contributed by atoms with Crippen molar-refractivity contribution in [2.24, 2.45) is 0 Å². The van der Waals surface area contributed by atoms with Crippen molar-refractivity contribution in [3.63, 3.8) is 0 Å². The minimum atomic E-state index is -0.349. The predicted octanol–water partition coefficient (Wildman–Crippen LogP) is 1.33. The third-order valence-corrected chi connectivity index (χ3v) is 3.67. The van der Waals surface area contributed by atoms with Gasteiger partial charge < -0.3 is 4.90 Å². The highest BCUT2D eigenvalue weighted by Gasteiger charge is 2.32. The number of aryl methyl sites for hydroxylation is 1. The number of rotatable bonds is 4. The first-order valence-corrected chi connectivity index (χ1v) is 7.03. The molecule has 1 fully saturated rings. The number of aromatic nitrogens is 2. The highest BCUT2D eigenvalue weighted by molar-refractivity contribution is 5.61. The summed E-state index contributed by atoms with van der Waals surface area (Å²) in [7, 11) is 0. The molecule has 8 heteroatoms. The van der Waals surface area contributed by atoms with Gasteiger partial charge in [-0.3, -0.25) is 15.0 Å². The molecule has 114 valence electrons. The van der Waals surface area contributed by atoms with Crippen molar-refractivity contribution in [3.05, 3.63) is 15.8 Å². The number of hydrogen-bond acceptors (Lipinski definition) is 6. The summed E-state index contributed by atoms with van der Waals surface area (Å²) in [5, 5.41) is 24.4. The first-order chi connectivity index (χ1) is 9.95. The van der Waals surface area contributed by atoms with E-state index in [2.05, 4.69) is 11.2 Å². The normalized spacial score (nSPS) is 16.2. The first-order valence-electron chi connectivity index (χ1n) is 7.03. The summed E-state index contributed by atoms with van der Waals surface area (Å²) < 4.78 is 1.73. The number of nitrogens with zero attached hydrogens (tertiary/aromatic N) is 6. The molecule has 21 heavy (non-hydrogen) atoms. The van der Waals surface area contributed by atoms with Gasteiger partial charge in [0.2, 0.25) is 5.82 Å². The Hall–Kier alpha value is -2.14. The summed E-state index contributed by atoms with van der Waals surface area (Å²) in [6.45, 7) is 8.79. The van der Waals surface area contributed by atoms with Gasteiger partial charge in [-0.25, -0.2) is 4.68 Å². The molecule has 2 heterocycles. The Balaban J connectivity index is 2.31. The SMILES string of the molecule is Cc1nn(C(C)C)c(N2CCN(CC#N)CC2)c1[N+](=O)[O-]. The quantitative estimate of drug-likeness (QED) is 0.472. The van der Waals surface area contributed by atoms with Crippen LogP contribution in [-0.2, 0) is 0 Å². The lowest BCUT2D eigenvalue weighted by atomic mass is 10.2. The number of nitriles is 1. The Labute approximate surface area is 123 Å². The second-order valence-electron chi connectivity index (χ2n) is 5.47. The van der Waals surface area contributed by atoms with Crippen LogP contribution in [0.25, 0.3) is 0 Å². The Morgan fingerprint density at radius 3 is 2.48 bits per heavy atom. The molecule has 0 N–H and O–H groups in total. The number of piperazine rings is 1. The molecule has 0 bridgehead atoms. The Morgan fingerprint density at radius 1 is 1.38 bits per heavy atom. The smallest absolute Gasteiger partial charge is 0.333 e. The van der Waals surface area contributed by atoms with Crippen molar-refractivity contribution in [2.45, 2.75) is 26.8 Å². The van der Waals surface area contributed by atoms with Crippen LogP contribution in [0.5, 0.6) is 0 Å². The van der Waals surface area contributed by atoms with Gasteiger partial charge in [-0.2, -0.15) is 10.4 Å². The fraction of sp³-hybridized carbons (Fsp3) is 0.692. The molecule has 1 aromatic heterocycles. The van der Waals surface area contributed by atoms with Gasteiger partial charge in [0.1, 0.15) is 5.69 Å². The van der Waals surface area contributed by atoms with Crippen LogP contribution in [0.15, 0.2) is 0 Å². The fourth-order valence-corrected chi connectivity index (χ4v) is 2.61. The van der Waals surface area contributed by atoms with E-state index in [0.717, 1.165) is 13.1 Å². The largest absolute Gasteiger partial charge is 0.349 e. The zero-order valence-electron chi connectivity index (χ0n) is 12.6. The van der Waals surface area contributed by atoms with Crippen LogP contribution >= 0.6 is 0 Å². The van der Waals surface area contributed by atoms with E-state index in [1.807, 2.05) is 23.6 Å². The number of hydrogen-bond donors (Lipinski definition) is 0. The molecule has 0 spiro atoms. The molecule has 1 aromatic rings. The molecule has 0 radical (unpaired) electrons. The highest BCUT2D eigenvalue weighted by atomic mass is 16.6. The molecule has 0 unspecified atom stereocenters. The summed E-state index contributed by atoms with van der Waals surface area (Å²) >= 11 is 0. The zero-order chi connectivity index (χ0) is 15.6. The lowest BCUT2D eigenvalue weighted by Crippen LogP contribution is -2.47. The minimum Gasteiger partial charge on any atom is -0.349 e. The molecular weight excluding hydrogens is 272 g/mol. The molecule has 2 rings (SSSR count). The van der Waals surface area contributed by atoms with Crippen LogP contribution in [0.3, 0.4) is 0 Å². The van der Waals surface area contributed by atoms with E-state index in [1.54, 1.807) is 11.6 Å². The lowest BCUT2D eigenvalue weighted by Gasteiger charge is -2.34. The van der Waals surface area contributed by atoms with E-state index < -0.39 is 0 Å². The topological polar surface area (TPSA) is 91.2 Å². The van der Waals surface area contributed by atoms with E-state index in [1.165, 1.54) is 0 Å². The number of nitro groups is 1. The minimum absolute atomic E-state index is 0.0598. The Morgan fingerprint density at radius 2 is 2.00 bits per heavy atom. The average molecular weight is 292 g/mol. The molecule has 1 aliphatic heterocycles. The third kappa shape index (κ3) is 2.97. The predicted molar refractivity (Wildman–Crippen MR) is 78.3 cm³/mol. The van der Waals surface area contributed by atoms with Crippen LogP contribution in [0.2, 0.25) is 0 Å². The number of anilines is 1. The molecule has 0 saturated carbocycles. The van der Waals surface area contributed by atoms with Gasteiger partial charge in [0, 0.05) is 32.2 Å². The zero-order valence-corrected chi connectivity index (χ0v) is 12.6. The van der Waals surface area contributed by atoms with E-state index in [9.17, 15) is 10.1 Å². The Kier molecular flexibility index (Phi) is 4.43. The van der Waals surface area contributed by atoms with Crippen LogP contribution in [0, 0.1) is 28.4 Å². The van der Waals surface area contributed by atoms with Gasteiger partial charge in [-0.1, -0.05) is 0 Å². The van der Waals surface area contributed by atoms with Crippen molar-refractivity contribution >= 4 is 11.5 Å². The maximum absolute atomic E-state index is 11.4. The van der Waals surface area contributed by atoms with Crippen molar-refractivity contribution in [1.29, 1.82) is 5.26 Å². The summed E-state index contributed by atoms with van der Waals surface area (Å²) in [5.74, 6) is 0.587. The summed E-state index contributed by atoms with van der Waals surface area (Å²) in [6, 6.07) is 2.20. The second-order valence-corrected chi connectivity index (χ2v) is 5.47. The van der Waals surface area contributed by atoms with Crippen molar-refractivity contribution in [2.75, 3.05) is 37.6 Å². The van der Waals surface area contributed by atoms with Gasteiger partial charge in [-0.05, 0) is 20.8 Å². The van der Waals surface area contributed by atoms with Crippen LogP contribution < -0.4 is 4.90 Å². The maximum atomic E-state index is 11.4. The molecule has 1 aliphatic rings. The Bertz CT molecular complexity index is 566. The molecule has 1 saturated heterocycles. The molecular formula is C13H20N6O2. The third-order valence-electron chi connectivity index (χ3n) is 3.67. The highest BCUT2D eigenvalue weighted by Crippen LogP contribution is 2.34. The molecule has 0 amide bonds. The molecule has 8 nitrogen and oxygen atoms in total. The standard InChI is InChI=1S/C13H20N6O2/c1-10(2)18-13(12(19(20)21)11(3)15-18)17-8-6-16(5-4-14)7-9-17/h10H,5-9H2,1-3H3. The van der Waals surface area contributed by atoms with Gasteiger partial charge in [0.05, 0.1) is 17.5 Å². The molecule has 0 aliphatic carbocycles. The lowest BCUT2D eigenvalue weighted by molar-refractivity contribution is -0.384. The van der Waals surface area contributed by atoms with Crippen LogP contribution in [0.4, 0.5) is 11.5 Å². The van der Waals surface area contributed by atoms with E-state index in [0.29, 0.717) is 31.1 Å². The average Bonchev–Trinajstić information content (AvgIpc) is 2.78. The van der Waals surface area contributed by atoms with Gasteiger partial charge in [0.15, 0.2) is 0 Å². The second kappa shape index (κ2) is 6.10. The van der Waals surface area contributed by atoms with Crippen molar-refractivity contribution in [1.82, 2.24) is 14.7 Å². The van der Waals surface area contributed by atoms with Crippen molar-refractivity contribution < 1.29 is 4.92 Å². The monoisotopic (exact) mass is 292 g/mol. The summed E-state index contributed by atoms with van der Waals surface area (Å²) in [4.78, 5) is 15.1. The van der Waals surface area contributed by atoms with Crippen LogP contribution in [-0.4, -0.2) is 52.3 Å². The fourth-order valence-electron chi connectivity index (χ4n) is 2.61. The molecule has 0 aromatic carbocycles. The van der Waals surface area contributed by atoms with Gasteiger partial charge in [-0.15, -0.1) is 0 Å². The van der Waals surface area contributed by atoms with Crippen LogP contribution in [0.1, 0.15) is 25.6 Å². The maximum Gasteiger partial charge on any atom is 0.333 e. The summed E-state index contributed by atoms with van der Waals surface area (Å²) in [5.41, 5.74) is 0.542. The van der Waals surface area contributed by atoms with E-state index >= 15 is 0 Å². The van der Waals surface area contributed by atoms with Crippen molar-refractivity contribution in [3.8, 4) is 6.07 Å². The van der Waals surface area contributed by atoms with E-state index in [-0.39, 0.29) is 16.7 Å². The van der Waals surface area contributed by atoms with Gasteiger partial charge in [0.25, 0.3) is 0 Å².